The summed E-state index contributed by atoms with van der Waals surface area (Å²) in [7, 11) is 0. The molecule has 0 aliphatic rings. The first-order valence-electron chi connectivity index (χ1n) is 6.38. The molecule has 4 heteroatoms. The second kappa shape index (κ2) is 7.22. The number of hydrogen-bond donors (Lipinski definition) is 1. The summed E-state index contributed by atoms with van der Waals surface area (Å²) < 4.78 is 5.81. The summed E-state index contributed by atoms with van der Waals surface area (Å²) in [4.78, 5) is 0.0790. The fraction of sp³-hybridized carbons (Fsp3) is 0.0588. The largest absolute Gasteiger partial charge is 0.488 e. The van der Waals surface area contributed by atoms with Crippen molar-refractivity contribution >= 4 is 23.3 Å². The minimum atomic E-state index is 0.0790. The van der Waals surface area contributed by atoms with Gasteiger partial charge in [-0.1, -0.05) is 60.7 Å². The van der Waals surface area contributed by atoms with E-state index in [9.17, 15) is 0 Å². The third-order valence-corrected chi connectivity index (χ3v) is 3.06. The van der Waals surface area contributed by atoms with Crippen molar-refractivity contribution in [2.45, 2.75) is 6.61 Å². The summed E-state index contributed by atoms with van der Waals surface area (Å²) in [6.07, 6.45) is 1.64. The number of rotatable bonds is 5. The molecule has 3 nitrogen and oxygen atoms in total. The number of hydrogen-bond acceptors (Lipinski definition) is 3. The average molecular weight is 294 g/mol. The smallest absolute Gasteiger partial charge is 0.127 e. The molecule has 0 saturated carbocycles. The van der Waals surface area contributed by atoms with E-state index >= 15 is 0 Å². The van der Waals surface area contributed by atoms with Gasteiger partial charge in [0, 0.05) is 5.56 Å². The lowest BCUT2D eigenvalue weighted by molar-refractivity contribution is 0.305. The Morgan fingerprint density at radius 1 is 1.14 bits per heavy atom. The Morgan fingerprint density at radius 2 is 1.81 bits per heavy atom. The van der Waals surface area contributed by atoms with Crippen molar-refractivity contribution in [1.82, 2.24) is 0 Å². The molecule has 0 spiro atoms. The second-order valence-electron chi connectivity index (χ2n) is 4.35. The first kappa shape index (κ1) is 14.8. The molecule has 0 bridgehead atoms. The lowest BCUT2D eigenvalue weighted by Gasteiger charge is -2.09. The molecule has 2 aromatic rings. The summed E-state index contributed by atoms with van der Waals surface area (Å²) in [5.41, 5.74) is 7.63. The zero-order valence-corrected chi connectivity index (χ0v) is 12.1. The molecule has 2 rings (SSSR count). The van der Waals surface area contributed by atoms with E-state index in [0.717, 1.165) is 11.1 Å². The van der Waals surface area contributed by atoms with Crippen molar-refractivity contribution in [3.63, 3.8) is 0 Å². The van der Waals surface area contributed by atoms with Crippen LogP contribution in [0.15, 0.2) is 60.2 Å². The fourth-order valence-corrected chi connectivity index (χ4v) is 1.89. The van der Waals surface area contributed by atoms with Gasteiger partial charge in [-0.3, -0.25) is 0 Å². The van der Waals surface area contributed by atoms with Crippen molar-refractivity contribution in [3.05, 3.63) is 71.3 Å². The van der Waals surface area contributed by atoms with Gasteiger partial charge >= 0.3 is 0 Å². The molecule has 0 atom stereocenters. The van der Waals surface area contributed by atoms with Gasteiger partial charge in [-0.05, 0) is 17.7 Å². The number of para-hydroxylation sites is 1. The Balaban J connectivity index is 2.22. The highest BCUT2D eigenvalue weighted by Gasteiger charge is 2.05. The topological polar surface area (TPSA) is 59.0 Å². The van der Waals surface area contributed by atoms with E-state index in [-0.39, 0.29) is 10.6 Å². The zero-order chi connectivity index (χ0) is 15.1. The number of nitriles is 1. The molecule has 0 amide bonds. The van der Waals surface area contributed by atoms with Crippen molar-refractivity contribution in [1.29, 1.82) is 5.26 Å². The third kappa shape index (κ3) is 4.16. The van der Waals surface area contributed by atoms with Crippen LogP contribution in [0.2, 0.25) is 0 Å². The molecule has 0 aliphatic heterocycles. The summed E-state index contributed by atoms with van der Waals surface area (Å²) in [5, 5.41) is 9.03. The number of nitrogens with zero attached hydrogens (tertiary/aromatic N) is 1. The summed E-state index contributed by atoms with van der Waals surface area (Å²) in [6.45, 7) is 0.459. The van der Waals surface area contributed by atoms with Gasteiger partial charge in [0.2, 0.25) is 0 Å². The lowest BCUT2D eigenvalue weighted by atomic mass is 10.1. The van der Waals surface area contributed by atoms with Crippen molar-refractivity contribution in [2.75, 3.05) is 0 Å². The quantitative estimate of drug-likeness (QED) is 0.521. The van der Waals surface area contributed by atoms with Crippen LogP contribution in [0.1, 0.15) is 11.1 Å². The first-order valence-corrected chi connectivity index (χ1v) is 6.79. The van der Waals surface area contributed by atoms with Crippen LogP contribution in [0.4, 0.5) is 0 Å². The second-order valence-corrected chi connectivity index (χ2v) is 4.79. The molecule has 0 radical (unpaired) electrons. The molecule has 0 unspecified atom stereocenters. The van der Waals surface area contributed by atoms with Gasteiger partial charge in [0.1, 0.15) is 23.4 Å². The van der Waals surface area contributed by atoms with E-state index in [2.05, 4.69) is 0 Å². The van der Waals surface area contributed by atoms with E-state index < -0.39 is 0 Å². The number of nitrogens with two attached hydrogens (primary N) is 1. The van der Waals surface area contributed by atoms with E-state index in [0.29, 0.717) is 12.4 Å². The van der Waals surface area contributed by atoms with Crippen LogP contribution in [0.25, 0.3) is 6.08 Å². The number of benzene rings is 2. The fourth-order valence-electron chi connectivity index (χ4n) is 1.78. The molecule has 21 heavy (non-hydrogen) atoms. The highest BCUT2D eigenvalue weighted by atomic mass is 32.1. The summed E-state index contributed by atoms with van der Waals surface area (Å²) in [5.74, 6) is 0.686. The number of ether oxygens (including phenoxy) is 1. The standard InChI is InChI=1S/C17H14N2OS/c18-11-15(17(19)21)10-14-8-4-5-9-16(14)20-12-13-6-2-1-3-7-13/h1-10H,12H2,(H2,19,21). The van der Waals surface area contributed by atoms with Gasteiger partial charge in [-0.2, -0.15) is 5.26 Å². The predicted molar refractivity (Wildman–Crippen MR) is 87.6 cm³/mol. The van der Waals surface area contributed by atoms with Gasteiger partial charge in [0.25, 0.3) is 0 Å². The maximum atomic E-state index is 9.03. The third-order valence-electron chi connectivity index (χ3n) is 2.84. The molecule has 0 saturated heterocycles. The summed E-state index contributed by atoms with van der Waals surface area (Å²) in [6, 6.07) is 19.3. The molecule has 0 aromatic heterocycles. The lowest BCUT2D eigenvalue weighted by Crippen LogP contribution is -2.09. The molecular weight excluding hydrogens is 280 g/mol. The Kier molecular flexibility index (Phi) is 5.08. The molecule has 0 heterocycles. The normalized spacial score (nSPS) is 10.7. The van der Waals surface area contributed by atoms with E-state index in [1.807, 2.05) is 60.7 Å². The van der Waals surface area contributed by atoms with Gasteiger partial charge < -0.3 is 10.5 Å². The van der Waals surface area contributed by atoms with E-state index in [1.165, 1.54) is 0 Å². The van der Waals surface area contributed by atoms with E-state index in [4.69, 9.17) is 28.0 Å². The van der Waals surface area contributed by atoms with Crippen molar-refractivity contribution in [2.24, 2.45) is 5.73 Å². The van der Waals surface area contributed by atoms with Crippen LogP contribution in [0.3, 0.4) is 0 Å². The van der Waals surface area contributed by atoms with Gasteiger partial charge in [0.15, 0.2) is 0 Å². The van der Waals surface area contributed by atoms with Crippen LogP contribution in [-0.2, 0) is 6.61 Å². The van der Waals surface area contributed by atoms with Gasteiger partial charge in [0.05, 0.1) is 5.57 Å². The molecular formula is C17H14N2OS. The van der Waals surface area contributed by atoms with Crippen molar-refractivity contribution < 1.29 is 4.74 Å². The molecule has 2 N–H and O–H groups in total. The van der Waals surface area contributed by atoms with Crippen LogP contribution in [0, 0.1) is 11.3 Å². The van der Waals surface area contributed by atoms with Crippen LogP contribution in [-0.4, -0.2) is 4.99 Å². The Morgan fingerprint density at radius 3 is 2.48 bits per heavy atom. The Hall–Kier alpha value is -2.64. The monoisotopic (exact) mass is 294 g/mol. The first-order chi connectivity index (χ1) is 10.2. The molecule has 0 fully saturated rings. The summed E-state index contributed by atoms with van der Waals surface area (Å²) >= 11 is 4.85. The highest BCUT2D eigenvalue weighted by molar-refractivity contribution is 7.80. The molecule has 104 valence electrons. The van der Waals surface area contributed by atoms with Crippen LogP contribution < -0.4 is 10.5 Å². The Bertz CT molecular complexity index is 702. The van der Waals surface area contributed by atoms with E-state index in [1.54, 1.807) is 6.08 Å². The van der Waals surface area contributed by atoms with Gasteiger partial charge in [-0.15, -0.1) is 0 Å². The van der Waals surface area contributed by atoms with Crippen LogP contribution in [0.5, 0.6) is 5.75 Å². The average Bonchev–Trinajstić information content (AvgIpc) is 2.52. The predicted octanol–water partition coefficient (Wildman–Crippen LogP) is 3.46. The Labute approximate surface area is 129 Å². The minimum Gasteiger partial charge on any atom is -0.488 e. The SMILES string of the molecule is N#CC(=Cc1ccccc1OCc1ccccc1)C(N)=S. The van der Waals surface area contributed by atoms with Crippen molar-refractivity contribution in [3.8, 4) is 11.8 Å². The maximum absolute atomic E-state index is 9.03. The highest BCUT2D eigenvalue weighted by Crippen LogP contribution is 2.22. The zero-order valence-electron chi connectivity index (χ0n) is 11.3. The molecule has 2 aromatic carbocycles. The number of thiocarbonyl (C=S) groups is 1. The minimum absolute atomic E-state index is 0.0790. The van der Waals surface area contributed by atoms with Crippen LogP contribution >= 0.6 is 12.2 Å². The molecule has 0 aliphatic carbocycles. The maximum Gasteiger partial charge on any atom is 0.127 e. The van der Waals surface area contributed by atoms with Gasteiger partial charge in [-0.25, -0.2) is 0 Å².